The van der Waals surface area contributed by atoms with Crippen molar-refractivity contribution >= 4 is 23.5 Å². The molecule has 0 radical (unpaired) electrons. The predicted molar refractivity (Wildman–Crippen MR) is 72.5 cm³/mol. The molecule has 0 spiro atoms. The van der Waals surface area contributed by atoms with Gasteiger partial charge in [-0.15, -0.1) is 0 Å². The van der Waals surface area contributed by atoms with Crippen molar-refractivity contribution in [3.63, 3.8) is 0 Å². The Labute approximate surface area is 116 Å². The van der Waals surface area contributed by atoms with Crippen molar-refractivity contribution in [2.24, 2.45) is 0 Å². The van der Waals surface area contributed by atoms with Gasteiger partial charge in [-0.05, 0) is 37.8 Å². The number of nitrogens with one attached hydrogen (secondary N) is 1. The fraction of sp³-hybridized carbons (Fsp3) is 0.429. The first-order chi connectivity index (χ1) is 8.93. The second-order valence-corrected chi connectivity index (χ2v) is 5.47. The second-order valence-electron chi connectivity index (χ2n) is 5.09. The summed E-state index contributed by atoms with van der Waals surface area (Å²) in [6.07, 6.45) is 2.31. The molecule has 0 aliphatic heterocycles. The molecular formula is C14H16ClNO3. The minimum Gasteiger partial charge on any atom is -0.481 e. The second kappa shape index (κ2) is 5.21. The van der Waals surface area contributed by atoms with E-state index in [1.807, 2.05) is 13.0 Å². The van der Waals surface area contributed by atoms with Gasteiger partial charge in [0, 0.05) is 0 Å². The van der Waals surface area contributed by atoms with Crippen LogP contribution in [0.4, 0.5) is 0 Å². The molecule has 2 N–H and O–H groups in total. The Morgan fingerprint density at radius 1 is 1.42 bits per heavy atom. The molecular weight excluding hydrogens is 266 g/mol. The maximum atomic E-state index is 12.2. The Morgan fingerprint density at radius 3 is 2.63 bits per heavy atom. The summed E-state index contributed by atoms with van der Waals surface area (Å²) in [5.41, 5.74) is 0.629. The SMILES string of the molecule is Cc1cccc(C(=O)NC2(CC(=O)O)CCC2)c1Cl. The fourth-order valence-electron chi connectivity index (χ4n) is 2.37. The van der Waals surface area contributed by atoms with Crippen LogP contribution in [0.1, 0.15) is 41.6 Å². The molecule has 0 unspecified atom stereocenters. The largest absolute Gasteiger partial charge is 0.481 e. The Bertz CT molecular complexity index is 523. The van der Waals surface area contributed by atoms with Gasteiger partial charge in [0.05, 0.1) is 22.5 Å². The van der Waals surface area contributed by atoms with Crippen LogP contribution < -0.4 is 5.32 Å². The molecule has 2 rings (SSSR count). The van der Waals surface area contributed by atoms with Crippen molar-refractivity contribution in [1.29, 1.82) is 0 Å². The first-order valence-electron chi connectivity index (χ1n) is 6.23. The molecule has 1 aliphatic carbocycles. The smallest absolute Gasteiger partial charge is 0.305 e. The summed E-state index contributed by atoms with van der Waals surface area (Å²) >= 11 is 6.11. The molecule has 1 fully saturated rings. The third-order valence-electron chi connectivity index (χ3n) is 3.62. The molecule has 0 heterocycles. The number of carbonyl (C=O) groups excluding carboxylic acids is 1. The molecule has 1 aromatic rings. The zero-order chi connectivity index (χ0) is 14.0. The van der Waals surface area contributed by atoms with E-state index in [0.29, 0.717) is 23.4 Å². The maximum absolute atomic E-state index is 12.2. The molecule has 0 bridgehead atoms. The van der Waals surface area contributed by atoms with E-state index in [1.165, 1.54) is 0 Å². The first kappa shape index (κ1) is 13.9. The lowest BCUT2D eigenvalue weighted by molar-refractivity contribution is -0.139. The number of halogens is 1. The van der Waals surface area contributed by atoms with Crippen LogP contribution in [-0.2, 0) is 4.79 Å². The van der Waals surface area contributed by atoms with Crippen molar-refractivity contribution in [2.45, 2.75) is 38.1 Å². The van der Waals surface area contributed by atoms with Crippen molar-refractivity contribution in [2.75, 3.05) is 0 Å². The van der Waals surface area contributed by atoms with Gasteiger partial charge in [0.15, 0.2) is 0 Å². The summed E-state index contributed by atoms with van der Waals surface area (Å²) < 4.78 is 0. The van der Waals surface area contributed by atoms with E-state index >= 15 is 0 Å². The Morgan fingerprint density at radius 2 is 2.11 bits per heavy atom. The van der Waals surface area contributed by atoms with Gasteiger partial charge in [-0.1, -0.05) is 23.7 Å². The molecule has 1 aromatic carbocycles. The van der Waals surface area contributed by atoms with Gasteiger partial charge in [-0.3, -0.25) is 9.59 Å². The van der Waals surface area contributed by atoms with Crippen LogP contribution in [0, 0.1) is 6.92 Å². The molecule has 19 heavy (non-hydrogen) atoms. The molecule has 1 saturated carbocycles. The number of benzene rings is 1. The summed E-state index contributed by atoms with van der Waals surface area (Å²) in [6.45, 7) is 1.83. The van der Waals surface area contributed by atoms with Crippen molar-refractivity contribution in [1.82, 2.24) is 5.32 Å². The minimum atomic E-state index is -0.893. The number of hydrogen-bond donors (Lipinski definition) is 2. The van der Waals surface area contributed by atoms with Crippen LogP contribution >= 0.6 is 11.6 Å². The number of rotatable bonds is 4. The lowest BCUT2D eigenvalue weighted by atomic mass is 9.74. The van der Waals surface area contributed by atoms with Gasteiger partial charge >= 0.3 is 5.97 Å². The Balaban J connectivity index is 2.16. The quantitative estimate of drug-likeness (QED) is 0.892. The van der Waals surface area contributed by atoms with E-state index < -0.39 is 11.5 Å². The highest BCUT2D eigenvalue weighted by Crippen LogP contribution is 2.35. The highest BCUT2D eigenvalue weighted by molar-refractivity contribution is 6.34. The van der Waals surface area contributed by atoms with E-state index in [2.05, 4.69) is 5.32 Å². The zero-order valence-corrected chi connectivity index (χ0v) is 11.5. The molecule has 1 amide bonds. The van der Waals surface area contributed by atoms with Crippen LogP contribution in [0.25, 0.3) is 0 Å². The summed E-state index contributed by atoms with van der Waals surface area (Å²) in [7, 11) is 0. The summed E-state index contributed by atoms with van der Waals surface area (Å²) in [5.74, 6) is -1.19. The summed E-state index contributed by atoms with van der Waals surface area (Å²) in [4.78, 5) is 23.1. The van der Waals surface area contributed by atoms with Gasteiger partial charge in [0.1, 0.15) is 0 Å². The average Bonchev–Trinajstić information content (AvgIpc) is 2.29. The normalized spacial score (nSPS) is 16.5. The lowest BCUT2D eigenvalue weighted by Gasteiger charge is -2.41. The number of aryl methyl sites for hydroxylation is 1. The van der Waals surface area contributed by atoms with E-state index in [0.717, 1.165) is 12.0 Å². The Hall–Kier alpha value is -1.55. The zero-order valence-electron chi connectivity index (χ0n) is 10.7. The fourth-order valence-corrected chi connectivity index (χ4v) is 2.58. The average molecular weight is 282 g/mol. The third-order valence-corrected chi connectivity index (χ3v) is 4.12. The van der Waals surface area contributed by atoms with Gasteiger partial charge in [-0.2, -0.15) is 0 Å². The monoisotopic (exact) mass is 281 g/mol. The molecule has 5 heteroatoms. The van der Waals surface area contributed by atoms with Gasteiger partial charge in [-0.25, -0.2) is 0 Å². The van der Waals surface area contributed by atoms with Gasteiger partial charge < -0.3 is 10.4 Å². The molecule has 4 nitrogen and oxygen atoms in total. The molecule has 0 aromatic heterocycles. The minimum absolute atomic E-state index is 0.0395. The van der Waals surface area contributed by atoms with E-state index in [4.69, 9.17) is 16.7 Å². The van der Waals surface area contributed by atoms with Crippen LogP contribution in [-0.4, -0.2) is 22.5 Å². The van der Waals surface area contributed by atoms with Crippen LogP contribution in [0.15, 0.2) is 18.2 Å². The van der Waals surface area contributed by atoms with Crippen LogP contribution in [0.3, 0.4) is 0 Å². The first-order valence-corrected chi connectivity index (χ1v) is 6.61. The molecule has 1 aliphatic rings. The molecule has 102 valence electrons. The molecule has 0 atom stereocenters. The predicted octanol–water partition coefficient (Wildman–Crippen LogP) is 2.78. The summed E-state index contributed by atoms with van der Waals surface area (Å²) in [5, 5.41) is 12.2. The third kappa shape index (κ3) is 2.89. The van der Waals surface area contributed by atoms with Crippen LogP contribution in [0.5, 0.6) is 0 Å². The highest BCUT2D eigenvalue weighted by atomic mass is 35.5. The van der Waals surface area contributed by atoms with Crippen LogP contribution in [0.2, 0.25) is 5.02 Å². The van der Waals surface area contributed by atoms with E-state index in [-0.39, 0.29) is 12.3 Å². The number of hydrogen-bond acceptors (Lipinski definition) is 2. The van der Waals surface area contributed by atoms with E-state index in [1.54, 1.807) is 12.1 Å². The standard InChI is InChI=1S/C14H16ClNO3/c1-9-4-2-5-10(12(9)15)13(19)16-14(6-3-7-14)8-11(17)18/h2,4-5H,3,6-8H2,1H3,(H,16,19)(H,17,18). The van der Waals surface area contributed by atoms with Gasteiger partial charge in [0.25, 0.3) is 5.91 Å². The summed E-state index contributed by atoms with van der Waals surface area (Å²) in [6, 6.07) is 5.24. The Kier molecular flexibility index (Phi) is 3.80. The number of carboxylic acids is 1. The van der Waals surface area contributed by atoms with Gasteiger partial charge in [0.2, 0.25) is 0 Å². The number of aliphatic carboxylic acids is 1. The molecule has 0 saturated heterocycles. The topological polar surface area (TPSA) is 66.4 Å². The number of amides is 1. The lowest BCUT2D eigenvalue weighted by Crippen LogP contribution is -2.54. The maximum Gasteiger partial charge on any atom is 0.305 e. The van der Waals surface area contributed by atoms with E-state index in [9.17, 15) is 9.59 Å². The number of carboxylic acid groups (broad SMARTS) is 1. The van der Waals surface area contributed by atoms with Crippen molar-refractivity contribution in [3.05, 3.63) is 34.3 Å². The van der Waals surface area contributed by atoms with Crippen molar-refractivity contribution < 1.29 is 14.7 Å². The van der Waals surface area contributed by atoms with Crippen molar-refractivity contribution in [3.8, 4) is 0 Å². The highest BCUT2D eigenvalue weighted by Gasteiger charge is 2.40. The number of carbonyl (C=O) groups is 2.